The number of amides is 3. The third-order valence-corrected chi connectivity index (χ3v) is 5.91. The van der Waals surface area contributed by atoms with Gasteiger partial charge in [0.25, 0.3) is 5.91 Å². The van der Waals surface area contributed by atoms with Crippen molar-refractivity contribution in [1.82, 2.24) is 30.3 Å². The highest BCUT2D eigenvalue weighted by molar-refractivity contribution is 6.05. The molecule has 0 atom stereocenters. The van der Waals surface area contributed by atoms with Crippen molar-refractivity contribution in [3.63, 3.8) is 0 Å². The van der Waals surface area contributed by atoms with Crippen molar-refractivity contribution in [1.29, 1.82) is 0 Å². The molecule has 3 heterocycles. The molecule has 3 N–H and O–H groups in total. The Labute approximate surface area is 198 Å². The van der Waals surface area contributed by atoms with E-state index >= 15 is 0 Å². The number of nitrogens with zero attached hydrogens (tertiary/aromatic N) is 4. The Hall–Kier alpha value is -3.90. The summed E-state index contributed by atoms with van der Waals surface area (Å²) in [5.41, 5.74) is 3.46. The number of H-pyrrole nitrogens is 1. The number of hydrogen-bond donors (Lipinski definition) is 3. The fourth-order valence-electron chi connectivity index (χ4n) is 3.95. The van der Waals surface area contributed by atoms with Crippen LogP contribution >= 0.6 is 0 Å². The van der Waals surface area contributed by atoms with Crippen molar-refractivity contribution in [2.45, 2.75) is 25.8 Å². The second-order valence-electron chi connectivity index (χ2n) is 8.57. The molecule has 176 valence electrons. The lowest BCUT2D eigenvalue weighted by atomic mass is 10.0. The van der Waals surface area contributed by atoms with E-state index in [-0.39, 0.29) is 18.0 Å². The number of hydrogen-bond acceptors (Lipinski definition) is 5. The van der Waals surface area contributed by atoms with Crippen LogP contribution in [0.25, 0.3) is 22.0 Å². The van der Waals surface area contributed by atoms with Crippen molar-refractivity contribution < 1.29 is 9.59 Å². The minimum atomic E-state index is -0.229. The summed E-state index contributed by atoms with van der Waals surface area (Å²) in [7, 11) is 3.35. The number of rotatable bonds is 5. The summed E-state index contributed by atoms with van der Waals surface area (Å²) in [6, 6.07) is 7.50. The van der Waals surface area contributed by atoms with Crippen LogP contribution in [0.2, 0.25) is 0 Å². The summed E-state index contributed by atoms with van der Waals surface area (Å²) in [5.74, 6) is 5.85. The summed E-state index contributed by atoms with van der Waals surface area (Å²) in [5, 5.41) is 13.9. The van der Waals surface area contributed by atoms with Gasteiger partial charge in [0.2, 0.25) is 0 Å². The third-order valence-electron chi connectivity index (χ3n) is 5.91. The molecule has 9 heteroatoms. The zero-order valence-electron chi connectivity index (χ0n) is 19.7. The molecule has 1 fully saturated rings. The Balaban J connectivity index is 1.49. The molecule has 0 aliphatic carbocycles. The first-order valence-corrected chi connectivity index (χ1v) is 11.3. The lowest BCUT2D eigenvalue weighted by Crippen LogP contribution is -2.44. The number of likely N-dealkylation sites (tertiary alicyclic amines) is 1. The second-order valence-corrected chi connectivity index (χ2v) is 8.57. The molecule has 3 amide bonds. The van der Waals surface area contributed by atoms with Gasteiger partial charge in [-0.05, 0) is 43.5 Å². The van der Waals surface area contributed by atoms with Crippen LogP contribution in [0.1, 0.15) is 30.3 Å². The number of nitrogens with one attached hydrogen (secondary N) is 3. The number of benzene rings is 1. The van der Waals surface area contributed by atoms with Crippen molar-refractivity contribution in [2.24, 2.45) is 0 Å². The van der Waals surface area contributed by atoms with Crippen LogP contribution in [-0.2, 0) is 0 Å². The predicted octanol–water partition coefficient (Wildman–Crippen LogP) is 2.94. The Kier molecular flexibility index (Phi) is 7.09. The van der Waals surface area contributed by atoms with E-state index in [0.717, 1.165) is 54.5 Å². The van der Waals surface area contributed by atoms with Crippen LogP contribution in [-0.4, -0.2) is 76.7 Å². The fourth-order valence-corrected chi connectivity index (χ4v) is 3.95. The van der Waals surface area contributed by atoms with Gasteiger partial charge in [0, 0.05) is 50.4 Å². The van der Waals surface area contributed by atoms with Crippen LogP contribution in [0.3, 0.4) is 0 Å². The Morgan fingerprint density at radius 2 is 1.97 bits per heavy atom. The van der Waals surface area contributed by atoms with Gasteiger partial charge in [-0.2, -0.15) is 5.10 Å². The van der Waals surface area contributed by atoms with Gasteiger partial charge in [-0.3, -0.25) is 19.8 Å². The quantitative estimate of drug-likeness (QED) is 0.509. The molecule has 0 bridgehead atoms. The summed E-state index contributed by atoms with van der Waals surface area (Å²) in [6.07, 6.45) is 5.10. The van der Waals surface area contributed by atoms with Gasteiger partial charge in [-0.1, -0.05) is 12.0 Å². The molecule has 1 aromatic carbocycles. The SMILES string of the molecule is CC#CCN1CCC(NC(=O)c2n[nH]c3ccc(-c4cncc(NC(=O)N(C)C)c4)cc23)CC1. The number of anilines is 1. The van der Waals surface area contributed by atoms with E-state index in [1.807, 2.05) is 31.2 Å². The predicted molar refractivity (Wildman–Crippen MR) is 132 cm³/mol. The van der Waals surface area contributed by atoms with Crippen LogP contribution in [0.5, 0.6) is 0 Å². The third kappa shape index (κ3) is 5.35. The van der Waals surface area contributed by atoms with Crippen LogP contribution in [0, 0.1) is 11.8 Å². The fraction of sp³-hybridized carbons (Fsp3) is 0.360. The molecule has 0 radical (unpaired) electrons. The highest BCUT2D eigenvalue weighted by Gasteiger charge is 2.23. The smallest absolute Gasteiger partial charge is 0.321 e. The molecule has 4 rings (SSSR count). The van der Waals surface area contributed by atoms with Crippen molar-refractivity contribution in [3.8, 4) is 23.0 Å². The zero-order valence-corrected chi connectivity index (χ0v) is 19.7. The van der Waals surface area contributed by atoms with Gasteiger partial charge >= 0.3 is 6.03 Å². The number of aromatic nitrogens is 3. The zero-order chi connectivity index (χ0) is 24.1. The number of fused-ring (bicyclic) bond motifs is 1. The molecule has 1 aliphatic rings. The molecule has 0 saturated carbocycles. The van der Waals surface area contributed by atoms with Crippen LogP contribution < -0.4 is 10.6 Å². The largest absolute Gasteiger partial charge is 0.348 e. The molecular formula is C25H29N7O2. The van der Waals surface area contributed by atoms with Gasteiger partial charge in [0.05, 0.1) is 23.9 Å². The number of carbonyl (C=O) groups is 2. The first-order valence-electron chi connectivity index (χ1n) is 11.3. The minimum Gasteiger partial charge on any atom is -0.348 e. The molecule has 9 nitrogen and oxygen atoms in total. The average Bonchev–Trinajstić information content (AvgIpc) is 3.27. The van der Waals surface area contributed by atoms with Gasteiger partial charge in [0.15, 0.2) is 5.69 Å². The van der Waals surface area contributed by atoms with E-state index in [4.69, 9.17) is 0 Å². The van der Waals surface area contributed by atoms with E-state index in [1.54, 1.807) is 26.5 Å². The monoisotopic (exact) mass is 459 g/mol. The molecule has 2 aromatic heterocycles. The number of aromatic amines is 1. The molecule has 3 aromatic rings. The highest BCUT2D eigenvalue weighted by Crippen LogP contribution is 2.27. The Bertz CT molecular complexity index is 1250. The molecule has 0 spiro atoms. The summed E-state index contributed by atoms with van der Waals surface area (Å²) >= 11 is 0. The normalized spacial score (nSPS) is 14.3. The Morgan fingerprint density at radius 3 is 2.71 bits per heavy atom. The van der Waals surface area contributed by atoms with Crippen LogP contribution in [0.15, 0.2) is 36.7 Å². The van der Waals surface area contributed by atoms with Crippen molar-refractivity contribution in [3.05, 3.63) is 42.4 Å². The highest BCUT2D eigenvalue weighted by atomic mass is 16.2. The Morgan fingerprint density at radius 1 is 1.18 bits per heavy atom. The van der Waals surface area contributed by atoms with Crippen molar-refractivity contribution >= 4 is 28.5 Å². The maximum atomic E-state index is 13.0. The van der Waals surface area contributed by atoms with Gasteiger partial charge in [0.1, 0.15) is 0 Å². The molecule has 1 saturated heterocycles. The number of urea groups is 1. The maximum absolute atomic E-state index is 13.0. The standard InChI is InChI=1S/C25H29N7O2/c1-4-5-10-32-11-8-19(9-12-32)27-24(33)23-21-14-17(6-7-22(21)29-30-23)18-13-20(16-26-15-18)28-25(34)31(2)3/h6-7,13-16,19H,8-12H2,1-3H3,(H,27,33)(H,28,34)(H,29,30). The summed E-state index contributed by atoms with van der Waals surface area (Å²) < 4.78 is 0. The molecular weight excluding hydrogens is 430 g/mol. The van der Waals surface area contributed by atoms with Crippen molar-refractivity contribution in [2.75, 3.05) is 39.0 Å². The average molecular weight is 460 g/mol. The number of piperidine rings is 1. The molecule has 34 heavy (non-hydrogen) atoms. The maximum Gasteiger partial charge on any atom is 0.321 e. The summed E-state index contributed by atoms with van der Waals surface area (Å²) in [4.78, 5) is 33.0. The molecule has 1 aliphatic heterocycles. The first kappa shape index (κ1) is 23.3. The first-order chi connectivity index (χ1) is 16.4. The number of pyridine rings is 1. The second kappa shape index (κ2) is 10.4. The molecule has 0 unspecified atom stereocenters. The van der Waals surface area contributed by atoms with E-state index in [9.17, 15) is 9.59 Å². The lowest BCUT2D eigenvalue weighted by molar-refractivity contribution is 0.0911. The summed E-state index contributed by atoms with van der Waals surface area (Å²) in [6.45, 7) is 4.46. The van der Waals surface area contributed by atoms with Gasteiger partial charge in [-0.15, -0.1) is 5.92 Å². The minimum absolute atomic E-state index is 0.120. The topological polar surface area (TPSA) is 106 Å². The lowest BCUT2D eigenvalue weighted by Gasteiger charge is -2.30. The van der Waals surface area contributed by atoms with Gasteiger partial charge in [-0.25, -0.2) is 4.79 Å². The van der Waals surface area contributed by atoms with E-state index in [1.165, 1.54) is 4.90 Å². The number of carbonyl (C=O) groups excluding carboxylic acids is 2. The van der Waals surface area contributed by atoms with Gasteiger partial charge < -0.3 is 15.5 Å². The van der Waals surface area contributed by atoms with E-state index < -0.39 is 0 Å². The van der Waals surface area contributed by atoms with Crippen LogP contribution in [0.4, 0.5) is 10.5 Å². The van der Waals surface area contributed by atoms with E-state index in [2.05, 4.69) is 42.6 Å². The van der Waals surface area contributed by atoms with E-state index in [0.29, 0.717) is 11.4 Å².